The normalized spacial score (nSPS) is 9.92. The van der Waals surface area contributed by atoms with Crippen molar-refractivity contribution in [2.75, 3.05) is 0 Å². The van der Waals surface area contributed by atoms with Crippen molar-refractivity contribution in [3.8, 4) is 11.5 Å². The SMILES string of the molecule is Fc1ccnc(-c2ncccn2)c1. The number of nitrogens with zero attached hydrogens (tertiary/aromatic N) is 3. The van der Waals surface area contributed by atoms with Crippen molar-refractivity contribution in [2.45, 2.75) is 0 Å². The van der Waals surface area contributed by atoms with Gasteiger partial charge in [-0.3, -0.25) is 4.98 Å². The summed E-state index contributed by atoms with van der Waals surface area (Å²) < 4.78 is 12.8. The Morgan fingerprint density at radius 1 is 1.00 bits per heavy atom. The van der Waals surface area contributed by atoms with E-state index in [1.54, 1.807) is 18.5 Å². The Morgan fingerprint density at radius 3 is 2.46 bits per heavy atom. The minimum Gasteiger partial charge on any atom is -0.253 e. The molecule has 0 atom stereocenters. The minimum atomic E-state index is -0.336. The van der Waals surface area contributed by atoms with Crippen molar-refractivity contribution in [3.05, 3.63) is 42.6 Å². The van der Waals surface area contributed by atoms with E-state index < -0.39 is 0 Å². The first kappa shape index (κ1) is 7.79. The minimum absolute atomic E-state index is 0.336. The van der Waals surface area contributed by atoms with E-state index in [0.29, 0.717) is 11.5 Å². The molecule has 2 heterocycles. The number of hydrogen-bond donors (Lipinski definition) is 0. The van der Waals surface area contributed by atoms with Crippen LogP contribution in [0.4, 0.5) is 4.39 Å². The third-order valence-corrected chi connectivity index (χ3v) is 1.52. The number of pyridine rings is 1. The first-order valence-corrected chi connectivity index (χ1v) is 3.75. The molecule has 2 aromatic heterocycles. The Kier molecular flexibility index (Phi) is 1.96. The maximum Gasteiger partial charge on any atom is 0.178 e. The van der Waals surface area contributed by atoms with E-state index in [2.05, 4.69) is 15.0 Å². The Labute approximate surface area is 74.3 Å². The first-order chi connectivity index (χ1) is 6.36. The summed E-state index contributed by atoms with van der Waals surface area (Å²) in [6, 6.07) is 4.28. The quantitative estimate of drug-likeness (QED) is 0.661. The van der Waals surface area contributed by atoms with Crippen molar-refractivity contribution >= 4 is 0 Å². The van der Waals surface area contributed by atoms with E-state index in [1.165, 1.54) is 18.3 Å². The molecule has 4 heteroatoms. The van der Waals surface area contributed by atoms with Gasteiger partial charge in [-0.2, -0.15) is 0 Å². The van der Waals surface area contributed by atoms with E-state index >= 15 is 0 Å². The lowest BCUT2D eigenvalue weighted by Crippen LogP contribution is -1.90. The Balaban J connectivity index is 2.48. The van der Waals surface area contributed by atoms with E-state index in [4.69, 9.17) is 0 Å². The summed E-state index contributed by atoms with van der Waals surface area (Å²) in [5, 5.41) is 0. The fourth-order valence-electron chi connectivity index (χ4n) is 0.958. The van der Waals surface area contributed by atoms with Crippen molar-refractivity contribution in [1.82, 2.24) is 15.0 Å². The number of aromatic nitrogens is 3. The Bertz CT molecular complexity index is 403. The van der Waals surface area contributed by atoms with Gasteiger partial charge in [0.25, 0.3) is 0 Å². The fourth-order valence-corrected chi connectivity index (χ4v) is 0.958. The molecule has 0 aromatic carbocycles. The molecule has 0 fully saturated rings. The predicted octanol–water partition coefficient (Wildman–Crippen LogP) is 1.68. The van der Waals surface area contributed by atoms with E-state index in [-0.39, 0.29) is 5.82 Å². The van der Waals surface area contributed by atoms with E-state index in [0.717, 1.165) is 0 Å². The van der Waals surface area contributed by atoms with Gasteiger partial charge < -0.3 is 0 Å². The number of halogens is 1. The molecular formula is C9H6FN3. The lowest BCUT2D eigenvalue weighted by molar-refractivity contribution is 0.626. The monoisotopic (exact) mass is 175 g/mol. The zero-order valence-corrected chi connectivity index (χ0v) is 6.68. The van der Waals surface area contributed by atoms with Crippen LogP contribution in [0.3, 0.4) is 0 Å². The van der Waals surface area contributed by atoms with Crippen LogP contribution in [0.15, 0.2) is 36.8 Å². The average Bonchev–Trinajstić information content (AvgIpc) is 2.19. The highest BCUT2D eigenvalue weighted by atomic mass is 19.1. The largest absolute Gasteiger partial charge is 0.253 e. The highest BCUT2D eigenvalue weighted by Gasteiger charge is 2.01. The summed E-state index contributed by atoms with van der Waals surface area (Å²) >= 11 is 0. The van der Waals surface area contributed by atoms with Gasteiger partial charge in [0.15, 0.2) is 5.82 Å². The molecule has 0 radical (unpaired) electrons. The lowest BCUT2D eigenvalue weighted by atomic mass is 10.3. The van der Waals surface area contributed by atoms with Crippen molar-refractivity contribution in [3.63, 3.8) is 0 Å². The molecule has 0 bridgehead atoms. The van der Waals surface area contributed by atoms with Gasteiger partial charge in [0, 0.05) is 24.7 Å². The summed E-state index contributed by atoms with van der Waals surface area (Å²) in [5.74, 6) is 0.0967. The van der Waals surface area contributed by atoms with Gasteiger partial charge >= 0.3 is 0 Å². The summed E-state index contributed by atoms with van der Waals surface area (Å²) in [5.41, 5.74) is 0.445. The highest BCUT2D eigenvalue weighted by molar-refractivity contribution is 5.47. The third-order valence-electron chi connectivity index (χ3n) is 1.52. The second-order valence-electron chi connectivity index (χ2n) is 2.43. The van der Waals surface area contributed by atoms with Gasteiger partial charge in [0.05, 0.1) is 0 Å². The van der Waals surface area contributed by atoms with Gasteiger partial charge in [-0.25, -0.2) is 14.4 Å². The zero-order chi connectivity index (χ0) is 9.10. The van der Waals surface area contributed by atoms with Crippen LogP contribution in [0, 0.1) is 5.82 Å². The van der Waals surface area contributed by atoms with Crippen LogP contribution >= 0.6 is 0 Å². The van der Waals surface area contributed by atoms with E-state index in [1.807, 2.05) is 0 Å². The van der Waals surface area contributed by atoms with Crippen LogP contribution < -0.4 is 0 Å². The molecule has 64 valence electrons. The summed E-state index contributed by atoms with van der Waals surface area (Å²) in [6.45, 7) is 0. The topological polar surface area (TPSA) is 38.7 Å². The molecular weight excluding hydrogens is 169 g/mol. The molecule has 0 spiro atoms. The molecule has 3 nitrogen and oxygen atoms in total. The van der Waals surface area contributed by atoms with Gasteiger partial charge in [-0.1, -0.05) is 0 Å². The van der Waals surface area contributed by atoms with Crippen molar-refractivity contribution in [1.29, 1.82) is 0 Å². The molecule has 0 saturated heterocycles. The Hall–Kier alpha value is -1.84. The second kappa shape index (κ2) is 3.26. The molecule has 0 unspecified atom stereocenters. The smallest absolute Gasteiger partial charge is 0.178 e. The van der Waals surface area contributed by atoms with Crippen molar-refractivity contribution in [2.24, 2.45) is 0 Å². The van der Waals surface area contributed by atoms with Crippen molar-refractivity contribution < 1.29 is 4.39 Å². The molecule has 0 aliphatic rings. The van der Waals surface area contributed by atoms with Crippen LogP contribution in [0.25, 0.3) is 11.5 Å². The summed E-state index contributed by atoms with van der Waals surface area (Å²) in [6.07, 6.45) is 4.57. The third kappa shape index (κ3) is 1.66. The standard InChI is InChI=1S/C9H6FN3/c10-7-2-5-11-8(6-7)9-12-3-1-4-13-9/h1-6H. The van der Waals surface area contributed by atoms with Crippen LogP contribution in [0.5, 0.6) is 0 Å². The van der Waals surface area contributed by atoms with E-state index in [9.17, 15) is 4.39 Å². The molecule has 2 rings (SSSR count). The second-order valence-corrected chi connectivity index (χ2v) is 2.43. The maximum atomic E-state index is 12.8. The average molecular weight is 175 g/mol. The fraction of sp³-hybridized carbons (Fsp3) is 0. The van der Waals surface area contributed by atoms with Crippen LogP contribution in [-0.2, 0) is 0 Å². The molecule has 0 aliphatic carbocycles. The zero-order valence-electron chi connectivity index (χ0n) is 6.68. The molecule has 13 heavy (non-hydrogen) atoms. The Morgan fingerprint density at radius 2 is 1.77 bits per heavy atom. The maximum absolute atomic E-state index is 12.8. The van der Waals surface area contributed by atoms with Gasteiger partial charge in [0.2, 0.25) is 0 Å². The van der Waals surface area contributed by atoms with Gasteiger partial charge in [0.1, 0.15) is 11.5 Å². The summed E-state index contributed by atoms with van der Waals surface area (Å²) in [4.78, 5) is 11.8. The van der Waals surface area contributed by atoms with Gasteiger partial charge in [-0.05, 0) is 12.1 Å². The first-order valence-electron chi connectivity index (χ1n) is 3.75. The van der Waals surface area contributed by atoms with Crippen LogP contribution in [0.2, 0.25) is 0 Å². The predicted molar refractivity (Wildman–Crippen MR) is 45.2 cm³/mol. The van der Waals surface area contributed by atoms with Crippen LogP contribution in [0.1, 0.15) is 0 Å². The summed E-state index contributed by atoms with van der Waals surface area (Å²) in [7, 11) is 0. The molecule has 0 saturated carbocycles. The molecule has 0 aliphatic heterocycles. The lowest BCUT2D eigenvalue weighted by Gasteiger charge is -1.96. The highest BCUT2D eigenvalue weighted by Crippen LogP contribution is 2.10. The number of hydrogen-bond acceptors (Lipinski definition) is 3. The molecule has 0 amide bonds. The number of rotatable bonds is 1. The van der Waals surface area contributed by atoms with Crippen LogP contribution in [-0.4, -0.2) is 15.0 Å². The van der Waals surface area contributed by atoms with Gasteiger partial charge in [-0.15, -0.1) is 0 Å². The molecule has 2 aromatic rings. The molecule has 0 N–H and O–H groups in total.